The predicted octanol–water partition coefficient (Wildman–Crippen LogP) is 4.86. The first-order chi connectivity index (χ1) is 16.4. The Bertz CT molecular complexity index is 1370. The highest BCUT2D eigenvalue weighted by molar-refractivity contribution is 6.31. The van der Waals surface area contributed by atoms with Crippen molar-refractivity contribution in [1.82, 2.24) is 9.97 Å². The number of hydrogen-bond acceptors (Lipinski definition) is 6. The number of nitrogens with zero attached hydrogens (tertiary/aromatic N) is 1. The number of methoxy groups -OCH3 is 1. The van der Waals surface area contributed by atoms with Gasteiger partial charge in [0.15, 0.2) is 0 Å². The van der Waals surface area contributed by atoms with Crippen LogP contribution in [0, 0.1) is 0 Å². The summed E-state index contributed by atoms with van der Waals surface area (Å²) in [7, 11) is 1.54. The van der Waals surface area contributed by atoms with E-state index in [2.05, 4.69) is 20.6 Å². The third-order valence-electron chi connectivity index (χ3n) is 5.86. The van der Waals surface area contributed by atoms with E-state index in [4.69, 9.17) is 21.1 Å². The molecule has 9 heteroatoms. The molecule has 2 aromatic heterocycles. The molecule has 0 aliphatic carbocycles. The molecule has 1 aliphatic rings. The minimum Gasteiger partial charge on any atom is -0.457 e. The summed E-state index contributed by atoms with van der Waals surface area (Å²) in [5.41, 5.74) is 1.85. The summed E-state index contributed by atoms with van der Waals surface area (Å²) in [5.74, 6) is 1.02. The van der Waals surface area contributed by atoms with Gasteiger partial charge in [0.25, 0.3) is 5.91 Å². The van der Waals surface area contributed by atoms with Crippen LogP contribution in [0.25, 0.3) is 11.0 Å². The van der Waals surface area contributed by atoms with Crippen LogP contribution < -0.4 is 15.4 Å². The van der Waals surface area contributed by atoms with Crippen molar-refractivity contribution < 1.29 is 19.4 Å². The van der Waals surface area contributed by atoms with Gasteiger partial charge in [0.2, 0.25) is 0 Å². The molecule has 5 rings (SSSR count). The number of hydrogen-bond donors (Lipinski definition) is 4. The van der Waals surface area contributed by atoms with Crippen LogP contribution in [0.2, 0.25) is 5.02 Å². The molecular formula is C25H23ClN4O4. The van der Waals surface area contributed by atoms with Crippen LogP contribution in [0.3, 0.4) is 0 Å². The van der Waals surface area contributed by atoms with Gasteiger partial charge in [-0.05, 0) is 31.2 Å². The monoisotopic (exact) mass is 478 g/mol. The van der Waals surface area contributed by atoms with Crippen molar-refractivity contribution in [2.75, 3.05) is 24.4 Å². The number of halogens is 1. The summed E-state index contributed by atoms with van der Waals surface area (Å²) in [4.78, 5) is 20.1. The first-order valence-corrected chi connectivity index (χ1v) is 11.1. The number of aromatic nitrogens is 2. The zero-order valence-corrected chi connectivity index (χ0v) is 19.3. The van der Waals surface area contributed by atoms with Gasteiger partial charge >= 0.3 is 0 Å². The Labute approximate surface area is 200 Å². The fraction of sp³-hybridized carbons (Fsp3) is 0.200. The minimum atomic E-state index is -1.05. The molecule has 2 atom stereocenters. The molecule has 2 unspecified atom stereocenters. The second-order valence-corrected chi connectivity index (χ2v) is 8.77. The molecule has 3 heterocycles. The number of aliphatic hydroxyl groups excluding tert-OH is 1. The van der Waals surface area contributed by atoms with E-state index in [9.17, 15) is 9.90 Å². The maximum Gasteiger partial charge on any atom is 0.252 e. The van der Waals surface area contributed by atoms with E-state index in [0.29, 0.717) is 50.1 Å². The smallest absolute Gasteiger partial charge is 0.252 e. The Morgan fingerprint density at radius 3 is 2.68 bits per heavy atom. The second kappa shape index (κ2) is 8.64. The van der Waals surface area contributed by atoms with Crippen LogP contribution in [-0.2, 0) is 9.53 Å². The van der Waals surface area contributed by atoms with Crippen LogP contribution in [0.5, 0.6) is 11.5 Å². The van der Waals surface area contributed by atoms with E-state index in [1.165, 1.54) is 7.11 Å². The lowest BCUT2D eigenvalue weighted by Crippen LogP contribution is -2.53. The highest BCUT2D eigenvalue weighted by atomic mass is 35.5. The number of benzene rings is 2. The standard InChI is InChI=1S/C25H23ClN4O4/c1-25(13-33-2)24(32)29-19-12-28-23-20(21(19)30-25)17(11-27-23)22(31)16-9-8-15(10-18(16)26)34-14-6-4-3-5-7-14/h3-12,22,30-31H,13H2,1-2H3,(H,27,28)(H,29,32). The Kier molecular flexibility index (Phi) is 5.65. The summed E-state index contributed by atoms with van der Waals surface area (Å²) >= 11 is 6.55. The molecule has 4 aromatic rings. The average molecular weight is 479 g/mol. The molecule has 4 N–H and O–H groups in total. The van der Waals surface area contributed by atoms with E-state index < -0.39 is 11.6 Å². The lowest BCUT2D eigenvalue weighted by atomic mass is 9.95. The molecule has 0 saturated heterocycles. The molecule has 0 fully saturated rings. The zero-order chi connectivity index (χ0) is 23.9. The van der Waals surface area contributed by atoms with Crippen molar-refractivity contribution in [2.24, 2.45) is 0 Å². The molecular weight excluding hydrogens is 456 g/mol. The Morgan fingerprint density at radius 2 is 1.94 bits per heavy atom. The largest absolute Gasteiger partial charge is 0.457 e. The topological polar surface area (TPSA) is 108 Å². The minimum absolute atomic E-state index is 0.166. The molecule has 8 nitrogen and oxygen atoms in total. The van der Waals surface area contributed by atoms with Gasteiger partial charge in [0, 0.05) is 24.4 Å². The van der Waals surface area contributed by atoms with Crippen molar-refractivity contribution in [3.05, 3.63) is 77.1 Å². The number of carbonyl (C=O) groups excluding carboxylic acids is 1. The molecule has 0 spiro atoms. The maximum atomic E-state index is 12.6. The summed E-state index contributed by atoms with van der Waals surface area (Å²) in [5, 5.41) is 18.5. The average Bonchev–Trinajstić information content (AvgIpc) is 3.25. The Hall–Kier alpha value is -3.59. The van der Waals surface area contributed by atoms with E-state index in [0.717, 1.165) is 0 Å². The first-order valence-electron chi connectivity index (χ1n) is 10.7. The number of aliphatic hydroxyl groups is 1. The molecule has 34 heavy (non-hydrogen) atoms. The number of nitrogens with one attached hydrogen (secondary N) is 3. The quantitative estimate of drug-likeness (QED) is 0.315. The van der Waals surface area contributed by atoms with E-state index in [1.807, 2.05) is 30.3 Å². The zero-order valence-electron chi connectivity index (χ0n) is 18.6. The molecule has 0 radical (unpaired) electrons. The van der Waals surface area contributed by atoms with Crippen LogP contribution in [-0.4, -0.2) is 40.2 Å². The Morgan fingerprint density at radius 1 is 1.15 bits per heavy atom. The lowest BCUT2D eigenvalue weighted by Gasteiger charge is -2.35. The number of ether oxygens (including phenoxy) is 2. The number of anilines is 2. The fourth-order valence-electron chi connectivity index (χ4n) is 4.13. The van der Waals surface area contributed by atoms with E-state index >= 15 is 0 Å². The third kappa shape index (κ3) is 3.86. The molecule has 0 saturated carbocycles. The number of amides is 1. The van der Waals surface area contributed by atoms with Crippen LogP contribution in [0.1, 0.15) is 24.2 Å². The molecule has 0 bridgehead atoms. The number of fused-ring (bicyclic) bond motifs is 3. The van der Waals surface area contributed by atoms with E-state index in [1.54, 1.807) is 37.5 Å². The van der Waals surface area contributed by atoms with Crippen LogP contribution in [0.4, 0.5) is 11.4 Å². The number of aromatic amines is 1. The summed E-state index contributed by atoms with van der Waals surface area (Å²) < 4.78 is 11.1. The highest BCUT2D eigenvalue weighted by Gasteiger charge is 2.39. The normalized spacial score (nSPS) is 18.2. The van der Waals surface area contributed by atoms with Gasteiger partial charge < -0.3 is 30.2 Å². The van der Waals surface area contributed by atoms with Gasteiger partial charge in [-0.25, -0.2) is 4.98 Å². The van der Waals surface area contributed by atoms with Gasteiger partial charge in [-0.15, -0.1) is 0 Å². The molecule has 1 amide bonds. The van der Waals surface area contributed by atoms with Crippen molar-refractivity contribution in [1.29, 1.82) is 0 Å². The molecule has 2 aromatic carbocycles. The third-order valence-corrected chi connectivity index (χ3v) is 6.18. The Balaban J connectivity index is 1.52. The van der Waals surface area contributed by atoms with Crippen LogP contribution >= 0.6 is 11.6 Å². The summed E-state index contributed by atoms with van der Waals surface area (Å²) in [6.45, 7) is 1.92. The van der Waals surface area contributed by atoms with Crippen molar-refractivity contribution in [3.8, 4) is 11.5 Å². The number of carbonyl (C=O) groups is 1. The molecule has 174 valence electrons. The van der Waals surface area contributed by atoms with Crippen molar-refractivity contribution in [3.63, 3.8) is 0 Å². The maximum absolute atomic E-state index is 12.6. The SMILES string of the molecule is COCC1(C)Nc2c(cnc3[nH]cc(C(O)c4ccc(Oc5ccccc5)cc4Cl)c23)NC1=O. The molecule has 1 aliphatic heterocycles. The highest BCUT2D eigenvalue weighted by Crippen LogP contribution is 2.42. The van der Waals surface area contributed by atoms with Crippen molar-refractivity contribution in [2.45, 2.75) is 18.6 Å². The summed E-state index contributed by atoms with van der Waals surface area (Å²) in [6, 6.07) is 14.5. The predicted molar refractivity (Wildman–Crippen MR) is 131 cm³/mol. The number of H-pyrrole nitrogens is 1. The van der Waals surface area contributed by atoms with Gasteiger partial charge in [-0.3, -0.25) is 4.79 Å². The van der Waals surface area contributed by atoms with Crippen LogP contribution in [0.15, 0.2) is 60.9 Å². The second-order valence-electron chi connectivity index (χ2n) is 8.36. The fourth-order valence-corrected chi connectivity index (χ4v) is 4.40. The number of pyridine rings is 1. The first kappa shape index (κ1) is 22.2. The van der Waals surface area contributed by atoms with Crippen molar-refractivity contribution >= 4 is 39.9 Å². The van der Waals surface area contributed by atoms with Gasteiger partial charge in [0.1, 0.15) is 28.8 Å². The number of para-hydroxylation sites is 1. The summed E-state index contributed by atoms with van der Waals surface area (Å²) in [6.07, 6.45) is 2.22. The van der Waals surface area contributed by atoms with Gasteiger partial charge in [-0.1, -0.05) is 35.9 Å². The van der Waals surface area contributed by atoms with Gasteiger partial charge in [0.05, 0.1) is 34.6 Å². The van der Waals surface area contributed by atoms with Gasteiger partial charge in [-0.2, -0.15) is 0 Å². The van der Waals surface area contributed by atoms with E-state index in [-0.39, 0.29) is 12.5 Å². The lowest BCUT2D eigenvalue weighted by molar-refractivity contribution is -0.121. The number of rotatable bonds is 6.